The van der Waals surface area contributed by atoms with E-state index in [1.807, 2.05) is 18.2 Å². The number of rotatable bonds is 5. The second kappa shape index (κ2) is 6.04. The minimum Gasteiger partial charge on any atom is -0.371 e. The molecule has 0 aliphatic rings. The summed E-state index contributed by atoms with van der Waals surface area (Å²) in [5.41, 5.74) is 1.83. The highest BCUT2D eigenvalue weighted by atomic mass is 79.9. The van der Waals surface area contributed by atoms with Crippen LogP contribution in [0.4, 0.5) is 5.69 Å². The molecule has 1 aromatic carbocycles. The van der Waals surface area contributed by atoms with E-state index in [4.69, 9.17) is 0 Å². The van der Waals surface area contributed by atoms with Crippen molar-refractivity contribution in [2.45, 2.75) is 32.7 Å². The summed E-state index contributed by atoms with van der Waals surface area (Å²) in [6.45, 7) is 4.40. The second-order valence-corrected chi connectivity index (χ2v) is 4.93. The molecule has 0 aromatic heterocycles. The molecule has 16 heavy (non-hydrogen) atoms. The van der Waals surface area contributed by atoms with Crippen molar-refractivity contribution >= 4 is 27.9 Å². The number of hydrogen-bond acceptors (Lipinski definition) is 2. The van der Waals surface area contributed by atoms with Crippen molar-refractivity contribution in [2.24, 2.45) is 0 Å². The molecule has 0 amide bonds. The van der Waals surface area contributed by atoms with Crippen molar-refractivity contribution in [1.29, 1.82) is 0 Å². The van der Waals surface area contributed by atoms with Gasteiger partial charge in [-0.15, -0.1) is 0 Å². The zero-order valence-electron chi connectivity index (χ0n) is 10.0. The largest absolute Gasteiger partial charge is 0.371 e. The lowest BCUT2D eigenvalue weighted by molar-refractivity contribution is 0.112. The summed E-state index contributed by atoms with van der Waals surface area (Å²) in [5, 5.41) is 0. The summed E-state index contributed by atoms with van der Waals surface area (Å²) >= 11 is 3.51. The highest BCUT2D eigenvalue weighted by molar-refractivity contribution is 9.10. The number of aldehydes is 1. The molecule has 0 radical (unpaired) electrons. The molecule has 0 heterocycles. The van der Waals surface area contributed by atoms with Crippen LogP contribution in [0.2, 0.25) is 0 Å². The van der Waals surface area contributed by atoms with Crippen LogP contribution >= 0.6 is 15.9 Å². The third-order valence-corrected chi connectivity index (χ3v) is 3.49. The molecule has 1 atom stereocenters. The number of halogens is 1. The predicted octanol–water partition coefficient (Wildman–Crippen LogP) is 3.89. The van der Waals surface area contributed by atoms with Crippen LogP contribution < -0.4 is 4.90 Å². The lowest BCUT2D eigenvalue weighted by Gasteiger charge is -2.27. The molecule has 2 nitrogen and oxygen atoms in total. The Morgan fingerprint density at radius 3 is 2.69 bits per heavy atom. The van der Waals surface area contributed by atoms with Crippen molar-refractivity contribution < 1.29 is 4.79 Å². The van der Waals surface area contributed by atoms with Crippen molar-refractivity contribution in [3.63, 3.8) is 0 Å². The normalized spacial score (nSPS) is 12.2. The highest BCUT2D eigenvalue weighted by Gasteiger charge is 2.12. The van der Waals surface area contributed by atoms with Gasteiger partial charge in [-0.1, -0.05) is 13.3 Å². The SMILES string of the molecule is CCCC(C)N(C)c1ccc(C=O)cc1Br. The smallest absolute Gasteiger partial charge is 0.150 e. The number of anilines is 1. The van der Waals surface area contributed by atoms with E-state index in [2.05, 4.69) is 41.7 Å². The Balaban J connectivity index is 2.91. The van der Waals surface area contributed by atoms with E-state index in [1.54, 1.807) is 0 Å². The third-order valence-electron chi connectivity index (χ3n) is 2.86. The maximum absolute atomic E-state index is 10.6. The average Bonchev–Trinajstić information content (AvgIpc) is 2.28. The lowest BCUT2D eigenvalue weighted by atomic mass is 10.1. The number of nitrogens with zero attached hydrogens (tertiary/aromatic N) is 1. The van der Waals surface area contributed by atoms with Gasteiger partial charge in [-0.25, -0.2) is 0 Å². The Bertz CT molecular complexity index is 365. The van der Waals surface area contributed by atoms with E-state index in [9.17, 15) is 4.79 Å². The quantitative estimate of drug-likeness (QED) is 0.765. The summed E-state index contributed by atoms with van der Waals surface area (Å²) in [7, 11) is 2.08. The summed E-state index contributed by atoms with van der Waals surface area (Å²) < 4.78 is 0.975. The zero-order valence-corrected chi connectivity index (χ0v) is 11.6. The summed E-state index contributed by atoms with van der Waals surface area (Å²) in [6.07, 6.45) is 3.21. The van der Waals surface area contributed by atoms with Crippen molar-refractivity contribution in [3.8, 4) is 0 Å². The molecule has 0 bridgehead atoms. The Hall–Kier alpha value is -0.830. The van der Waals surface area contributed by atoms with Gasteiger partial charge in [0.15, 0.2) is 0 Å². The predicted molar refractivity (Wildman–Crippen MR) is 72.3 cm³/mol. The van der Waals surface area contributed by atoms with E-state index < -0.39 is 0 Å². The molecule has 3 heteroatoms. The number of carbonyl (C=O) groups is 1. The van der Waals surface area contributed by atoms with Crippen LogP contribution in [0, 0.1) is 0 Å². The van der Waals surface area contributed by atoms with E-state index in [1.165, 1.54) is 12.8 Å². The minimum atomic E-state index is 0.503. The first kappa shape index (κ1) is 13.2. The molecule has 0 N–H and O–H groups in total. The molecule has 0 spiro atoms. The average molecular weight is 284 g/mol. The van der Waals surface area contributed by atoms with Gasteiger partial charge in [0.25, 0.3) is 0 Å². The molecule has 1 rings (SSSR count). The van der Waals surface area contributed by atoms with Crippen LogP contribution in [-0.2, 0) is 0 Å². The fraction of sp³-hybridized carbons (Fsp3) is 0.462. The Kier molecular flexibility index (Phi) is 5.00. The van der Waals surface area contributed by atoms with Crippen LogP contribution in [-0.4, -0.2) is 19.4 Å². The van der Waals surface area contributed by atoms with Crippen LogP contribution in [0.25, 0.3) is 0 Å². The maximum atomic E-state index is 10.6. The molecule has 0 aliphatic heterocycles. The van der Waals surface area contributed by atoms with Gasteiger partial charge in [0.2, 0.25) is 0 Å². The Morgan fingerprint density at radius 1 is 1.50 bits per heavy atom. The van der Waals surface area contributed by atoms with Crippen LogP contribution in [0.1, 0.15) is 37.0 Å². The fourth-order valence-electron chi connectivity index (χ4n) is 1.73. The lowest BCUT2D eigenvalue weighted by Crippen LogP contribution is -2.28. The van der Waals surface area contributed by atoms with Crippen LogP contribution in [0.3, 0.4) is 0 Å². The monoisotopic (exact) mass is 283 g/mol. The van der Waals surface area contributed by atoms with Crippen molar-refractivity contribution in [3.05, 3.63) is 28.2 Å². The minimum absolute atomic E-state index is 0.503. The summed E-state index contributed by atoms with van der Waals surface area (Å²) in [6, 6.07) is 6.20. The molecule has 0 saturated heterocycles. The Labute approximate surface area is 106 Å². The van der Waals surface area contributed by atoms with Gasteiger partial charge in [0, 0.05) is 23.1 Å². The first-order valence-electron chi connectivity index (χ1n) is 5.57. The van der Waals surface area contributed by atoms with E-state index in [0.717, 1.165) is 16.4 Å². The molecule has 88 valence electrons. The molecule has 1 unspecified atom stereocenters. The third kappa shape index (κ3) is 3.08. The van der Waals surface area contributed by atoms with E-state index in [-0.39, 0.29) is 0 Å². The van der Waals surface area contributed by atoms with Gasteiger partial charge in [-0.2, -0.15) is 0 Å². The number of benzene rings is 1. The summed E-state index contributed by atoms with van der Waals surface area (Å²) in [5.74, 6) is 0. The van der Waals surface area contributed by atoms with Gasteiger partial charge >= 0.3 is 0 Å². The Morgan fingerprint density at radius 2 is 2.19 bits per heavy atom. The number of hydrogen-bond donors (Lipinski definition) is 0. The standard InChI is InChI=1S/C13H18BrNO/c1-4-5-10(2)15(3)13-7-6-11(9-16)8-12(13)14/h6-10H,4-5H2,1-3H3. The van der Waals surface area contributed by atoms with Crippen LogP contribution in [0.15, 0.2) is 22.7 Å². The van der Waals surface area contributed by atoms with Crippen LogP contribution in [0.5, 0.6) is 0 Å². The zero-order chi connectivity index (χ0) is 12.1. The first-order chi connectivity index (χ1) is 7.60. The van der Waals surface area contributed by atoms with Gasteiger partial charge in [-0.05, 0) is 47.5 Å². The molecule has 0 aliphatic carbocycles. The van der Waals surface area contributed by atoms with Crippen molar-refractivity contribution in [2.75, 3.05) is 11.9 Å². The second-order valence-electron chi connectivity index (χ2n) is 4.08. The van der Waals surface area contributed by atoms with E-state index >= 15 is 0 Å². The van der Waals surface area contributed by atoms with Gasteiger partial charge in [0.05, 0.1) is 5.69 Å². The maximum Gasteiger partial charge on any atom is 0.150 e. The molecular weight excluding hydrogens is 266 g/mol. The van der Waals surface area contributed by atoms with Crippen molar-refractivity contribution in [1.82, 2.24) is 0 Å². The topological polar surface area (TPSA) is 20.3 Å². The fourth-order valence-corrected chi connectivity index (χ4v) is 2.41. The number of carbonyl (C=O) groups excluding carboxylic acids is 1. The highest BCUT2D eigenvalue weighted by Crippen LogP contribution is 2.28. The van der Waals surface area contributed by atoms with Gasteiger partial charge in [-0.3, -0.25) is 4.79 Å². The molecule has 0 fully saturated rings. The van der Waals surface area contributed by atoms with E-state index in [0.29, 0.717) is 11.6 Å². The summed E-state index contributed by atoms with van der Waals surface area (Å²) in [4.78, 5) is 12.9. The molecular formula is C13H18BrNO. The van der Waals surface area contributed by atoms with Gasteiger partial charge in [0.1, 0.15) is 6.29 Å². The first-order valence-corrected chi connectivity index (χ1v) is 6.37. The molecule has 0 saturated carbocycles. The van der Waals surface area contributed by atoms with Gasteiger partial charge < -0.3 is 4.90 Å². The molecule has 1 aromatic rings.